The van der Waals surface area contributed by atoms with Gasteiger partial charge < -0.3 is 0 Å². The zero-order valence-electron chi connectivity index (χ0n) is 16.7. The smallest absolute Gasteiger partial charge is 0.244 e. The summed E-state index contributed by atoms with van der Waals surface area (Å²) in [7, 11) is -3.64. The SMILES string of the molecule is CC(C)(C)c1ccc(CN2CCN(S(=O)(=O)c3ccccc3C#N)CC2)cc1. The number of sulfonamides is 1. The van der Waals surface area contributed by atoms with Crippen molar-refractivity contribution in [3.05, 3.63) is 65.2 Å². The first kappa shape index (κ1) is 20.5. The third-order valence-corrected chi connectivity index (χ3v) is 7.14. The van der Waals surface area contributed by atoms with Crippen molar-refractivity contribution in [2.24, 2.45) is 0 Å². The maximum Gasteiger partial charge on any atom is 0.244 e. The van der Waals surface area contributed by atoms with E-state index in [0.717, 1.165) is 6.54 Å². The quantitative estimate of drug-likeness (QED) is 0.794. The second kappa shape index (κ2) is 8.04. The van der Waals surface area contributed by atoms with E-state index in [9.17, 15) is 13.7 Å². The van der Waals surface area contributed by atoms with E-state index in [0.29, 0.717) is 26.2 Å². The van der Waals surface area contributed by atoms with Gasteiger partial charge in [0.15, 0.2) is 0 Å². The Balaban J connectivity index is 1.64. The predicted octanol–water partition coefficient (Wildman–Crippen LogP) is 3.36. The van der Waals surface area contributed by atoms with Gasteiger partial charge in [-0.15, -0.1) is 0 Å². The third-order valence-electron chi connectivity index (χ3n) is 5.18. The number of benzene rings is 2. The van der Waals surface area contributed by atoms with Crippen LogP contribution in [0.3, 0.4) is 0 Å². The van der Waals surface area contributed by atoms with Crippen LogP contribution < -0.4 is 0 Å². The molecular weight excluding hydrogens is 370 g/mol. The lowest BCUT2D eigenvalue weighted by atomic mass is 9.87. The molecule has 1 aliphatic heterocycles. The average molecular weight is 398 g/mol. The normalized spacial score (nSPS) is 16.6. The molecule has 0 N–H and O–H groups in total. The third kappa shape index (κ3) is 4.44. The Morgan fingerprint density at radius 3 is 2.14 bits per heavy atom. The zero-order valence-corrected chi connectivity index (χ0v) is 17.5. The Morgan fingerprint density at radius 2 is 1.57 bits per heavy atom. The highest BCUT2D eigenvalue weighted by Gasteiger charge is 2.30. The summed E-state index contributed by atoms with van der Waals surface area (Å²) in [5, 5.41) is 9.21. The van der Waals surface area contributed by atoms with Gasteiger partial charge in [-0.05, 0) is 28.7 Å². The second-order valence-corrected chi connectivity index (χ2v) is 10.1. The highest BCUT2D eigenvalue weighted by atomic mass is 32.2. The average Bonchev–Trinajstić information content (AvgIpc) is 2.68. The first-order valence-corrected chi connectivity index (χ1v) is 11.0. The van der Waals surface area contributed by atoms with Crippen molar-refractivity contribution in [1.82, 2.24) is 9.21 Å². The van der Waals surface area contributed by atoms with Crippen molar-refractivity contribution in [2.45, 2.75) is 37.6 Å². The minimum Gasteiger partial charge on any atom is -0.296 e. The molecule has 0 spiro atoms. The first-order chi connectivity index (χ1) is 13.2. The zero-order chi connectivity index (χ0) is 20.4. The van der Waals surface area contributed by atoms with Crippen molar-refractivity contribution in [3.8, 4) is 6.07 Å². The summed E-state index contributed by atoms with van der Waals surface area (Å²) in [6, 6.07) is 17.0. The van der Waals surface area contributed by atoms with E-state index in [1.165, 1.54) is 21.5 Å². The lowest BCUT2D eigenvalue weighted by Crippen LogP contribution is -2.48. The molecule has 0 unspecified atom stereocenters. The van der Waals surface area contributed by atoms with Gasteiger partial charge in [-0.3, -0.25) is 4.90 Å². The van der Waals surface area contributed by atoms with E-state index < -0.39 is 10.0 Å². The molecule has 0 amide bonds. The molecule has 0 aliphatic carbocycles. The van der Waals surface area contributed by atoms with Gasteiger partial charge >= 0.3 is 0 Å². The van der Waals surface area contributed by atoms with Gasteiger partial charge in [0.25, 0.3) is 0 Å². The summed E-state index contributed by atoms with van der Waals surface area (Å²) < 4.78 is 27.3. The van der Waals surface area contributed by atoms with Crippen molar-refractivity contribution in [3.63, 3.8) is 0 Å². The van der Waals surface area contributed by atoms with Crippen molar-refractivity contribution in [2.75, 3.05) is 26.2 Å². The van der Waals surface area contributed by atoms with Crippen LogP contribution in [-0.2, 0) is 22.0 Å². The molecule has 148 valence electrons. The van der Waals surface area contributed by atoms with Crippen LogP contribution in [-0.4, -0.2) is 43.8 Å². The Hall–Kier alpha value is -2.20. The second-order valence-electron chi connectivity index (χ2n) is 8.24. The summed E-state index contributed by atoms with van der Waals surface area (Å²) in [4.78, 5) is 2.37. The molecule has 1 fully saturated rings. The van der Waals surface area contributed by atoms with Crippen LogP contribution in [0.4, 0.5) is 0 Å². The van der Waals surface area contributed by atoms with E-state index in [1.54, 1.807) is 18.2 Å². The minimum atomic E-state index is -3.64. The maximum atomic E-state index is 12.9. The lowest BCUT2D eigenvalue weighted by Gasteiger charge is -2.34. The van der Waals surface area contributed by atoms with Crippen molar-refractivity contribution in [1.29, 1.82) is 5.26 Å². The molecule has 28 heavy (non-hydrogen) atoms. The molecule has 1 aliphatic rings. The highest BCUT2D eigenvalue weighted by molar-refractivity contribution is 7.89. The molecule has 3 rings (SSSR count). The Kier molecular flexibility index (Phi) is 5.90. The molecule has 1 saturated heterocycles. The molecule has 2 aromatic rings. The van der Waals surface area contributed by atoms with Gasteiger partial charge in [-0.25, -0.2) is 8.42 Å². The van der Waals surface area contributed by atoms with Crippen LogP contribution in [0.15, 0.2) is 53.4 Å². The first-order valence-electron chi connectivity index (χ1n) is 9.53. The molecule has 6 heteroatoms. The van der Waals surface area contributed by atoms with Gasteiger partial charge in [0, 0.05) is 32.7 Å². The van der Waals surface area contributed by atoms with Crippen LogP contribution in [0.5, 0.6) is 0 Å². The van der Waals surface area contributed by atoms with Gasteiger partial charge in [-0.1, -0.05) is 57.2 Å². The summed E-state index contributed by atoms with van der Waals surface area (Å²) in [5.74, 6) is 0. The fraction of sp³-hybridized carbons (Fsp3) is 0.409. The van der Waals surface area contributed by atoms with E-state index in [-0.39, 0.29) is 15.9 Å². The summed E-state index contributed by atoms with van der Waals surface area (Å²) in [6.45, 7) is 9.63. The van der Waals surface area contributed by atoms with Crippen molar-refractivity contribution >= 4 is 10.0 Å². The van der Waals surface area contributed by atoms with Crippen LogP contribution >= 0.6 is 0 Å². The highest BCUT2D eigenvalue weighted by Crippen LogP contribution is 2.24. The van der Waals surface area contributed by atoms with Crippen LogP contribution in [0.2, 0.25) is 0 Å². The van der Waals surface area contributed by atoms with Crippen molar-refractivity contribution < 1.29 is 8.42 Å². The summed E-state index contributed by atoms with van der Waals surface area (Å²) in [5.41, 5.74) is 2.88. The molecule has 2 aromatic carbocycles. The number of hydrogen-bond donors (Lipinski definition) is 0. The lowest BCUT2D eigenvalue weighted by molar-refractivity contribution is 0.181. The summed E-state index contributed by atoms with van der Waals surface area (Å²) in [6.07, 6.45) is 0. The van der Waals surface area contributed by atoms with Gasteiger partial charge in [-0.2, -0.15) is 9.57 Å². The molecule has 0 saturated carbocycles. The fourth-order valence-corrected chi connectivity index (χ4v) is 4.98. The molecular formula is C22H27N3O2S. The van der Waals surface area contributed by atoms with E-state index in [1.807, 2.05) is 6.07 Å². The number of nitriles is 1. The maximum absolute atomic E-state index is 12.9. The van der Waals surface area contributed by atoms with Crippen LogP contribution in [0.25, 0.3) is 0 Å². The molecule has 0 atom stereocenters. The Morgan fingerprint density at radius 1 is 0.964 bits per heavy atom. The largest absolute Gasteiger partial charge is 0.296 e. The molecule has 5 nitrogen and oxygen atoms in total. The topological polar surface area (TPSA) is 64.4 Å². The number of hydrogen-bond acceptors (Lipinski definition) is 4. The number of nitrogens with zero attached hydrogens (tertiary/aromatic N) is 3. The Bertz CT molecular complexity index is 962. The van der Waals surface area contributed by atoms with Gasteiger partial charge in [0.05, 0.1) is 10.5 Å². The van der Waals surface area contributed by atoms with Gasteiger partial charge in [0.1, 0.15) is 6.07 Å². The van der Waals surface area contributed by atoms with E-state index in [2.05, 4.69) is 49.9 Å². The van der Waals surface area contributed by atoms with E-state index >= 15 is 0 Å². The minimum absolute atomic E-state index is 0.101. The number of rotatable bonds is 4. The predicted molar refractivity (Wildman–Crippen MR) is 110 cm³/mol. The van der Waals surface area contributed by atoms with Crippen LogP contribution in [0, 0.1) is 11.3 Å². The monoisotopic (exact) mass is 397 g/mol. The number of piperazine rings is 1. The summed E-state index contributed by atoms with van der Waals surface area (Å²) >= 11 is 0. The molecule has 0 radical (unpaired) electrons. The standard InChI is InChI=1S/C22H27N3O2S/c1-22(2,3)20-10-8-18(9-11-20)17-24-12-14-25(15-13-24)28(26,27)21-7-5-4-6-19(21)16-23/h4-11H,12-15,17H2,1-3H3. The molecule has 1 heterocycles. The molecule has 0 aromatic heterocycles. The molecule has 0 bridgehead atoms. The fourth-order valence-electron chi connectivity index (χ4n) is 3.42. The van der Waals surface area contributed by atoms with Crippen LogP contribution in [0.1, 0.15) is 37.5 Å². The Labute approximate surface area is 168 Å². The van der Waals surface area contributed by atoms with E-state index in [4.69, 9.17) is 0 Å². The van der Waals surface area contributed by atoms with Gasteiger partial charge in [0.2, 0.25) is 10.0 Å².